The number of benzene rings is 1. The summed E-state index contributed by atoms with van der Waals surface area (Å²) in [4.78, 5) is 16.7. The molecule has 2 N–H and O–H groups in total. The van der Waals surface area contributed by atoms with Crippen LogP contribution in [0.2, 0.25) is 4.34 Å². The normalized spacial score (nSPS) is 12.4. The molecule has 9 heteroatoms. The molecular formula is C19H18ClF2N3O2S. The molecule has 0 aliphatic carbocycles. The molecule has 0 saturated carbocycles. The van der Waals surface area contributed by atoms with Crippen LogP contribution in [0.25, 0.3) is 0 Å². The fourth-order valence-electron chi connectivity index (χ4n) is 2.73. The van der Waals surface area contributed by atoms with Crippen molar-refractivity contribution in [3.8, 4) is 0 Å². The number of nitrogens with one attached hydrogen (secondary N) is 1. The van der Waals surface area contributed by atoms with Crippen LogP contribution in [0, 0.1) is 17.6 Å². The first-order chi connectivity index (χ1) is 13.3. The molecule has 28 heavy (non-hydrogen) atoms. The van der Waals surface area contributed by atoms with Crippen molar-refractivity contribution in [2.24, 2.45) is 5.92 Å². The van der Waals surface area contributed by atoms with E-state index in [1.165, 1.54) is 29.0 Å². The van der Waals surface area contributed by atoms with Crippen molar-refractivity contribution in [3.63, 3.8) is 0 Å². The Morgan fingerprint density at radius 3 is 2.79 bits per heavy atom. The molecule has 0 aliphatic rings. The first kappa shape index (κ1) is 20.4. The van der Waals surface area contributed by atoms with E-state index in [2.05, 4.69) is 10.3 Å². The van der Waals surface area contributed by atoms with E-state index in [9.17, 15) is 18.7 Å². The van der Waals surface area contributed by atoms with Crippen LogP contribution in [-0.4, -0.2) is 20.6 Å². The van der Waals surface area contributed by atoms with Gasteiger partial charge in [-0.15, -0.1) is 0 Å². The smallest absolute Gasteiger partial charge is 0.274 e. The maximum Gasteiger partial charge on any atom is 0.274 e. The van der Waals surface area contributed by atoms with Crippen molar-refractivity contribution in [2.45, 2.75) is 26.5 Å². The average molecular weight is 426 g/mol. The van der Waals surface area contributed by atoms with E-state index in [0.717, 1.165) is 17.4 Å². The van der Waals surface area contributed by atoms with Gasteiger partial charge < -0.3 is 9.67 Å². The van der Waals surface area contributed by atoms with E-state index in [4.69, 9.17) is 11.6 Å². The monoisotopic (exact) mass is 425 g/mol. The zero-order valence-electron chi connectivity index (χ0n) is 15.1. The number of thiazole rings is 1. The number of nitrogens with zero attached hydrogens (tertiary/aromatic N) is 2. The van der Waals surface area contributed by atoms with Crippen LogP contribution in [0.3, 0.4) is 0 Å². The number of carbonyl (C=O) groups excluding carboxylic acids is 1. The lowest BCUT2D eigenvalue weighted by Crippen LogP contribution is -2.17. The molecular weight excluding hydrogens is 408 g/mol. The van der Waals surface area contributed by atoms with Crippen LogP contribution in [0.15, 0.2) is 36.7 Å². The SMILES string of the molecule is CC(C)C(O)c1cc(C(=O)Nc2ncc(Cl)s2)n(Cc2cccc(F)c2F)c1. The van der Waals surface area contributed by atoms with E-state index in [0.29, 0.717) is 15.0 Å². The Balaban J connectivity index is 1.96. The minimum atomic E-state index is -0.972. The lowest BCUT2D eigenvalue weighted by Gasteiger charge is -2.12. The standard InChI is InChI=1S/C19H18ClF2N3O2S/c1-10(2)17(26)12-6-14(18(27)24-19-23-7-15(20)28-19)25(9-12)8-11-4-3-5-13(21)16(11)22/h3-7,9-10,17,26H,8H2,1-2H3,(H,23,24,27). The van der Waals surface area contributed by atoms with E-state index < -0.39 is 23.6 Å². The van der Waals surface area contributed by atoms with E-state index in [1.54, 1.807) is 6.20 Å². The molecule has 5 nitrogen and oxygen atoms in total. The second-order valence-corrected chi connectivity index (χ2v) is 8.27. The minimum absolute atomic E-state index is 0.0736. The number of amides is 1. The van der Waals surface area contributed by atoms with Crippen LogP contribution in [-0.2, 0) is 6.54 Å². The van der Waals surface area contributed by atoms with E-state index in [-0.39, 0.29) is 23.7 Å². The van der Waals surface area contributed by atoms with Crippen molar-refractivity contribution in [1.29, 1.82) is 0 Å². The summed E-state index contributed by atoms with van der Waals surface area (Å²) in [6.07, 6.45) is 2.18. The predicted octanol–water partition coefficient (Wildman–Crippen LogP) is 4.87. The molecule has 1 unspecified atom stereocenters. The fraction of sp³-hybridized carbons (Fsp3) is 0.263. The number of hydrogen-bond acceptors (Lipinski definition) is 4. The largest absolute Gasteiger partial charge is 0.388 e. The Bertz CT molecular complexity index is 1000. The lowest BCUT2D eigenvalue weighted by atomic mass is 10.0. The number of aliphatic hydroxyl groups is 1. The van der Waals surface area contributed by atoms with Crippen LogP contribution in [0.1, 0.15) is 41.6 Å². The molecule has 1 amide bonds. The molecule has 0 radical (unpaired) electrons. The predicted molar refractivity (Wildman–Crippen MR) is 105 cm³/mol. The van der Waals surface area contributed by atoms with E-state index >= 15 is 0 Å². The summed E-state index contributed by atoms with van der Waals surface area (Å²) in [5.41, 5.74) is 0.784. The zero-order chi connectivity index (χ0) is 20.4. The van der Waals surface area contributed by atoms with Crippen LogP contribution in [0.5, 0.6) is 0 Å². The summed E-state index contributed by atoms with van der Waals surface area (Å²) in [7, 11) is 0. The molecule has 148 valence electrons. The summed E-state index contributed by atoms with van der Waals surface area (Å²) < 4.78 is 29.5. The van der Waals surface area contributed by atoms with E-state index in [1.807, 2.05) is 13.8 Å². The van der Waals surface area contributed by atoms with Gasteiger partial charge in [0.25, 0.3) is 5.91 Å². The first-order valence-corrected chi connectivity index (χ1v) is 9.69. The van der Waals surface area contributed by atoms with Crippen LogP contribution in [0.4, 0.5) is 13.9 Å². The van der Waals surface area contributed by atoms with Crippen molar-refractivity contribution in [3.05, 3.63) is 69.5 Å². The third-order valence-corrected chi connectivity index (χ3v) is 5.22. The average Bonchev–Trinajstić information content (AvgIpc) is 3.24. The molecule has 2 heterocycles. The summed E-state index contributed by atoms with van der Waals surface area (Å²) >= 11 is 6.93. The number of aromatic nitrogens is 2. The molecule has 0 aliphatic heterocycles. The molecule has 1 atom stereocenters. The number of rotatable bonds is 6. The Hall–Kier alpha value is -2.29. The van der Waals surface area contributed by atoms with Gasteiger partial charge in [0.2, 0.25) is 0 Å². The topological polar surface area (TPSA) is 67.2 Å². The minimum Gasteiger partial charge on any atom is -0.388 e. The summed E-state index contributed by atoms with van der Waals surface area (Å²) in [6.45, 7) is 3.60. The van der Waals surface area contributed by atoms with Gasteiger partial charge in [-0.3, -0.25) is 10.1 Å². The third kappa shape index (κ3) is 4.40. The Morgan fingerprint density at radius 1 is 1.39 bits per heavy atom. The van der Waals surface area contributed by atoms with Gasteiger partial charge in [0, 0.05) is 11.8 Å². The van der Waals surface area contributed by atoms with Crippen molar-refractivity contribution in [1.82, 2.24) is 9.55 Å². The summed E-state index contributed by atoms with van der Waals surface area (Å²) in [5, 5.41) is 13.3. The number of aliphatic hydroxyl groups excluding tert-OH is 1. The van der Waals surface area contributed by atoms with Gasteiger partial charge in [0.05, 0.1) is 18.8 Å². The van der Waals surface area contributed by atoms with Gasteiger partial charge >= 0.3 is 0 Å². The quantitative estimate of drug-likeness (QED) is 0.592. The maximum atomic E-state index is 14.1. The van der Waals surface area contributed by atoms with Crippen LogP contribution < -0.4 is 5.32 Å². The lowest BCUT2D eigenvalue weighted by molar-refractivity contribution is 0.101. The van der Waals surface area contributed by atoms with Gasteiger partial charge in [-0.05, 0) is 23.6 Å². The van der Waals surface area contributed by atoms with Gasteiger partial charge in [-0.2, -0.15) is 0 Å². The highest BCUT2D eigenvalue weighted by atomic mass is 35.5. The highest BCUT2D eigenvalue weighted by Gasteiger charge is 2.21. The Kier molecular flexibility index (Phi) is 6.12. The second kappa shape index (κ2) is 8.38. The molecule has 0 saturated heterocycles. The van der Waals surface area contributed by atoms with Crippen molar-refractivity contribution >= 4 is 34.0 Å². The molecule has 3 aromatic rings. The second-order valence-electron chi connectivity index (χ2n) is 6.61. The summed E-state index contributed by atoms with van der Waals surface area (Å²) in [5.74, 6) is -2.52. The Morgan fingerprint density at radius 2 is 2.14 bits per heavy atom. The number of anilines is 1. The van der Waals surface area contributed by atoms with Gasteiger partial charge in [-0.25, -0.2) is 13.8 Å². The number of halogens is 3. The van der Waals surface area contributed by atoms with Gasteiger partial charge in [0.1, 0.15) is 10.0 Å². The van der Waals surface area contributed by atoms with Crippen molar-refractivity contribution in [2.75, 3.05) is 5.32 Å². The fourth-order valence-corrected chi connectivity index (χ4v) is 3.54. The molecule has 0 spiro atoms. The molecule has 1 aromatic carbocycles. The molecule has 0 bridgehead atoms. The van der Waals surface area contributed by atoms with Gasteiger partial charge in [0.15, 0.2) is 16.8 Å². The Labute approximate surface area is 169 Å². The molecule has 2 aromatic heterocycles. The molecule has 0 fully saturated rings. The first-order valence-electron chi connectivity index (χ1n) is 8.50. The van der Waals surface area contributed by atoms with Crippen LogP contribution >= 0.6 is 22.9 Å². The molecule has 3 rings (SSSR count). The number of carbonyl (C=O) groups is 1. The zero-order valence-corrected chi connectivity index (χ0v) is 16.7. The highest BCUT2D eigenvalue weighted by molar-refractivity contribution is 7.19. The number of hydrogen-bond donors (Lipinski definition) is 2. The summed E-state index contributed by atoms with van der Waals surface area (Å²) in [6, 6.07) is 5.41. The third-order valence-electron chi connectivity index (χ3n) is 4.19. The van der Waals surface area contributed by atoms with Crippen molar-refractivity contribution < 1.29 is 18.7 Å². The maximum absolute atomic E-state index is 14.1. The van der Waals surface area contributed by atoms with Gasteiger partial charge in [-0.1, -0.05) is 48.9 Å². The highest BCUT2D eigenvalue weighted by Crippen LogP contribution is 2.27.